The molecule has 1 aromatic rings. The Balaban J connectivity index is 2.28. The number of rotatable bonds is 5. The molecule has 0 aliphatic carbocycles. The third-order valence-electron chi connectivity index (χ3n) is 2.81. The van der Waals surface area contributed by atoms with Gasteiger partial charge in [-0.15, -0.1) is 0 Å². The monoisotopic (exact) mass is 317 g/mol. The van der Waals surface area contributed by atoms with E-state index in [1.165, 1.54) is 18.2 Å². The zero-order chi connectivity index (χ0) is 15.5. The second-order valence-corrected chi connectivity index (χ2v) is 6.07. The highest BCUT2D eigenvalue weighted by molar-refractivity contribution is 7.89. The number of carboxylic acids is 1. The maximum Gasteiger partial charge on any atom is 0.324 e. The number of benzene rings is 1. The lowest BCUT2D eigenvalue weighted by Gasteiger charge is -2.14. The smallest absolute Gasteiger partial charge is 0.324 e. The van der Waals surface area contributed by atoms with Gasteiger partial charge in [0.1, 0.15) is 6.04 Å². The molecule has 0 saturated heterocycles. The van der Waals surface area contributed by atoms with Crippen molar-refractivity contribution in [2.45, 2.75) is 17.4 Å². The van der Waals surface area contributed by atoms with Gasteiger partial charge in [0.15, 0.2) is 11.5 Å². The van der Waals surface area contributed by atoms with Gasteiger partial charge >= 0.3 is 5.97 Å². The molecule has 1 aliphatic heterocycles. The molecule has 0 aromatic heterocycles. The minimum atomic E-state index is -4.09. The van der Waals surface area contributed by atoms with Crippen molar-refractivity contribution in [2.24, 2.45) is 0 Å². The third kappa shape index (κ3) is 3.63. The number of aliphatic carboxylic acids is 1. The van der Waals surface area contributed by atoms with Gasteiger partial charge in [-0.2, -0.15) is 4.72 Å². The molecule has 116 valence electrons. The highest BCUT2D eigenvalue weighted by Crippen LogP contribution is 2.31. The van der Waals surface area contributed by atoms with Gasteiger partial charge < -0.3 is 19.7 Å². The van der Waals surface area contributed by atoms with Crippen molar-refractivity contribution in [1.29, 1.82) is 0 Å². The standard InChI is InChI=1S/C12H15NO7S/c14-7-9(12(15)16)13-21(17,18)8-2-3-10-11(6-8)20-5-1-4-19-10/h2-3,6,9,13-14H,1,4-5,7H2,(H,15,16). The summed E-state index contributed by atoms with van der Waals surface area (Å²) in [6.45, 7) is 0.0282. The third-order valence-corrected chi connectivity index (χ3v) is 4.28. The second kappa shape index (κ2) is 6.29. The van der Waals surface area contributed by atoms with Crippen molar-refractivity contribution >= 4 is 16.0 Å². The van der Waals surface area contributed by atoms with E-state index in [-0.39, 0.29) is 10.6 Å². The molecule has 1 heterocycles. The molecule has 1 atom stereocenters. The van der Waals surface area contributed by atoms with E-state index in [0.717, 1.165) is 0 Å². The van der Waals surface area contributed by atoms with Crippen molar-refractivity contribution in [3.05, 3.63) is 18.2 Å². The summed E-state index contributed by atoms with van der Waals surface area (Å²) in [7, 11) is -4.09. The average molecular weight is 317 g/mol. The number of ether oxygens (including phenoxy) is 2. The first-order valence-corrected chi connectivity index (χ1v) is 7.68. The van der Waals surface area contributed by atoms with Crippen molar-refractivity contribution in [3.8, 4) is 11.5 Å². The molecule has 1 unspecified atom stereocenters. The first-order chi connectivity index (χ1) is 9.94. The number of aliphatic hydroxyl groups is 1. The number of carboxylic acid groups (broad SMARTS) is 1. The van der Waals surface area contributed by atoms with E-state index in [1.54, 1.807) is 0 Å². The highest BCUT2D eigenvalue weighted by Gasteiger charge is 2.26. The zero-order valence-corrected chi connectivity index (χ0v) is 11.8. The highest BCUT2D eigenvalue weighted by atomic mass is 32.2. The Bertz CT molecular complexity index is 628. The first kappa shape index (κ1) is 15.5. The molecule has 1 aromatic carbocycles. The fraction of sp³-hybridized carbons (Fsp3) is 0.417. The van der Waals surface area contributed by atoms with Gasteiger partial charge in [0.2, 0.25) is 10.0 Å². The van der Waals surface area contributed by atoms with Crippen LogP contribution in [-0.2, 0) is 14.8 Å². The van der Waals surface area contributed by atoms with Gasteiger partial charge in [0.25, 0.3) is 0 Å². The Hall–Kier alpha value is -1.84. The van der Waals surface area contributed by atoms with Crippen molar-refractivity contribution in [2.75, 3.05) is 19.8 Å². The SMILES string of the molecule is O=C(O)C(CO)NS(=O)(=O)c1ccc2c(c1)OCCCO2. The van der Waals surface area contributed by atoms with Gasteiger partial charge in [-0.3, -0.25) is 4.79 Å². The number of carbonyl (C=O) groups is 1. The summed E-state index contributed by atoms with van der Waals surface area (Å²) < 4.78 is 36.9. The fourth-order valence-corrected chi connectivity index (χ4v) is 2.93. The molecule has 21 heavy (non-hydrogen) atoms. The number of sulfonamides is 1. The van der Waals surface area contributed by atoms with E-state index in [4.69, 9.17) is 19.7 Å². The van der Waals surface area contributed by atoms with Crippen LogP contribution in [0.1, 0.15) is 6.42 Å². The summed E-state index contributed by atoms with van der Waals surface area (Å²) in [5.41, 5.74) is 0. The van der Waals surface area contributed by atoms with Crippen molar-refractivity contribution in [1.82, 2.24) is 4.72 Å². The predicted octanol–water partition coefficient (Wildman–Crippen LogP) is -0.428. The van der Waals surface area contributed by atoms with Crippen LogP contribution in [0.3, 0.4) is 0 Å². The second-order valence-electron chi connectivity index (χ2n) is 4.35. The lowest BCUT2D eigenvalue weighted by molar-refractivity contribution is -0.139. The predicted molar refractivity (Wildman–Crippen MR) is 70.9 cm³/mol. The molecule has 9 heteroatoms. The van der Waals surface area contributed by atoms with E-state index >= 15 is 0 Å². The molecule has 0 fully saturated rings. The molecular formula is C12H15NO7S. The number of aliphatic hydroxyl groups excluding tert-OH is 1. The number of hydrogen-bond acceptors (Lipinski definition) is 6. The average Bonchev–Trinajstić information content (AvgIpc) is 2.68. The molecule has 2 rings (SSSR count). The topological polar surface area (TPSA) is 122 Å². The summed E-state index contributed by atoms with van der Waals surface area (Å²) in [4.78, 5) is 10.6. The summed E-state index contributed by atoms with van der Waals surface area (Å²) >= 11 is 0. The van der Waals surface area contributed by atoms with Crippen LogP contribution >= 0.6 is 0 Å². The van der Waals surface area contributed by atoms with E-state index in [0.29, 0.717) is 25.4 Å². The van der Waals surface area contributed by atoms with Crippen LogP contribution in [0.5, 0.6) is 11.5 Å². The Kier molecular flexibility index (Phi) is 4.66. The Morgan fingerprint density at radius 1 is 1.29 bits per heavy atom. The largest absolute Gasteiger partial charge is 0.490 e. The quantitative estimate of drug-likeness (QED) is 0.673. The number of fused-ring (bicyclic) bond motifs is 1. The van der Waals surface area contributed by atoms with Gasteiger partial charge in [0.05, 0.1) is 24.7 Å². The van der Waals surface area contributed by atoms with Crippen LogP contribution in [-0.4, -0.2) is 50.5 Å². The first-order valence-electron chi connectivity index (χ1n) is 6.19. The van der Waals surface area contributed by atoms with Crippen LogP contribution < -0.4 is 14.2 Å². The Morgan fingerprint density at radius 2 is 1.95 bits per heavy atom. The summed E-state index contributed by atoms with van der Waals surface area (Å²) in [6, 6.07) is 2.39. The lowest BCUT2D eigenvalue weighted by atomic mass is 10.3. The molecule has 8 nitrogen and oxygen atoms in total. The molecule has 1 aliphatic rings. The molecular weight excluding hydrogens is 302 g/mol. The van der Waals surface area contributed by atoms with Gasteiger partial charge in [-0.1, -0.05) is 0 Å². The summed E-state index contributed by atoms with van der Waals surface area (Å²) in [5, 5.41) is 17.7. The molecule has 0 spiro atoms. The van der Waals surface area contributed by atoms with E-state index in [2.05, 4.69) is 0 Å². The van der Waals surface area contributed by atoms with Crippen LogP contribution in [0.2, 0.25) is 0 Å². The minimum Gasteiger partial charge on any atom is -0.490 e. The minimum absolute atomic E-state index is 0.161. The van der Waals surface area contributed by atoms with E-state index < -0.39 is 28.6 Å². The van der Waals surface area contributed by atoms with Gasteiger partial charge in [-0.25, -0.2) is 8.42 Å². The maximum absolute atomic E-state index is 12.1. The molecule has 0 radical (unpaired) electrons. The Morgan fingerprint density at radius 3 is 2.57 bits per heavy atom. The molecule has 0 amide bonds. The number of hydrogen-bond donors (Lipinski definition) is 3. The van der Waals surface area contributed by atoms with E-state index in [1.807, 2.05) is 4.72 Å². The van der Waals surface area contributed by atoms with Crippen LogP contribution in [0.4, 0.5) is 0 Å². The van der Waals surface area contributed by atoms with Gasteiger partial charge in [0, 0.05) is 12.5 Å². The Labute approximate surface area is 121 Å². The zero-order valence-electron chi connectivity index (χ0n) is 11.0. The normalized spacial score (nSPS) is 16.0. The lowest BCUT2D eigenvalue weighted by Crippen LogP contribution is -2.43. The van der Waals surface area contributed by atoms with Crippen LogP contribution in [0, 0.1) is 0 Å². The van der Waals surface area contributed by atoms with E-state index in [9.17, 15) is 13.2 Å². The molecule has 0 saturated carbocycles. The van der Waals surface area contributed by atoms with Crippen molar-refractivity contribution in [3.63, 3.8) is 0 Å². The number of nitrogens with one attached hydrogen (secondary N) is 1. The molecule has 3 N–H and O–H groups in total. The maximum atomic E-state index is 12.1. The van der Waals surface area contributed by atoms with Crippen molar-refractivity contribution < 1.29 is 32.9 Å². The van der Waals surface area contributed by atoms with Crippen LogP contribution in [0.15, 0.2) is 23.1 Å². The fourth-order valence-electron chi connectivity index (χ4n) is 1.73. The van der Waals surface area contributed by atoms with Gasteiger partial charge in [-0.05, 0) is 12.1 Å². The summed E-state index contributed by atoms with van der Waals surface area (Å²) in [5.74, 6) is -0.745. The molecule has 0 bridgehead atoms. The van der Waals surface area contributed by atoms with Crippen LogP contribution in [0.25, 0.3) is 0 Å². The summed E-state index contributed by atoms with van der Waals surface area (Å²) in [6.07, 6.45) is 0.681.